The summed E-state index contributed by atoms with van der Waals surface area (Å²) >= 11 is 2.81. The quantitative estimate of drug-likeness (QED) is 0.296. The number of thiazole rings is 1. The van der Waals surface area contributed by atoms with Gasteiger partial charge in [0.2, 0.25) is 0 Å². The van der Waals surface area contributed by atoms with Crippen LogP contribution < -0.4 is 5.32 Å². The molecule has 0 radical (unpaired) electrons. The predicted molar refractivity (Wildman–Crippen MR) is 119 cm³/mol. The molecule has 0 aliphatic heterocycles. The molecule has 2 heterocycles. The molecule has 164 valence electrons. The Kier molecular flexibility index (Phi) is 6.66. The Morgan fingerprint density at radius 3 is 2.66 bits per heavy atom. The molecule has 0 saturated carbocycles. The standard InChI is InChI=1S/C23H17F3N2O2S2/c24-23(25,26)16-6-4-5-15(11-16)12-19-13-27-22(32-19)28-21(29)20-10-9-17(30-20)14-31-18-7-2-1-3-8-18/h1-11,13H,12,14H2,(H,27,28,29). The normalized spacial score (nSPS) is 11.5. The van der Waals surface area contributed by atoms with Gasteiger partial charge in [-0.25, -0.2) is 4.98 Å². The van der Waals surface area contributed by atoms with Gasteiger partial charge in [0.1, 0.15) is 5.76 Å². The number of carbonyl (C=O) groups excluding carboxylic acids is 1. The zero-order valence-corrected chi connectivity index (χ0v) is 18.2. The summed E-state index contributed by atoms with van der Waals surface area (Å²) < 4.78 is 44.3. The highest BCUT2D eigenvalue weighted by atomic mass is 32.2. The molecule has 4 nitrogen and oxygen atoms in total. The summed E-state index contributed by atoms with van der Waals surface area (Å²) in [6.07, 6.45) is -2.55. The average Bonchev–Trinajstić information content (AvgIpc) is 3.42. The molecule has 0 bridgehead atoms. The van der Waals surface area contributed by atoms with Gasteiger partial charge in [-0.3, -0.25) is 10.1 Å². The highest BCUT2D eigenvalue weighted by molar-refractivity contribution is 7.98. The fourth-order valence-electron chi connectivity index (χ4n) is 2.91. The minimum absolute atomic E-state index is 0.170. The van der Waals surface area contributed by atoms with Gasteiger partial charge in [0, 0.05) is 22.4 Å². The summed E-state index contributed by atoms with van der Waals surface area (Å²) in [4.78, 5) is 18.4. The topological polar surface area (TPSA) is 55.1 Å². The SMILES string of the molecule is O=C(Nc1ncc(Cc2cccc(C(F)(F)F)c2)s1)c1ccc(CSc2ccccc2)o1. The number of rotatable bonds is 7. The van der Waals surface area contributed by atoms with Gasteiger partial charge >= 0.3 is 6.18 Å². The summed E-state index contributed by atoms with van der Waals surface area (Å²) in [5, 5.41) is 3.03. The fourth-order valence-corrected chi connectivity index (χ4v) is 4.57. The van der Waals surface area contributed by atoms with E-state index in [-0.39, 0.29) is 5.76 Å². The Morgan fingerprint density at radius 1 is 1.06 bits per heavy atom. The molecule has 4 rings (SSSR count). The molecular weight excluding hydrogens is 457 g/mol. The third-order valence-corrected chi connectivity index (χ3v) is 6.36. The Balaban J connectivity index is 1.34. The monoisotopic (exact) mass is 474 g/mol. The van der Waals surface area contributed by atoms with Gasteiger partial charge in [-0.05, 0) is 35.9 Å². The number of aromatic nitrogens is 1. The summed E-state index contributed by atoms with van der Waals surface area (Å²) in [7, 11) is 0. The van der Waals surface area contributed by atoms with Gasteiger partial charge in [-0.15, -0.1) is 23.1 Å². The molecule has 0 saturated heterocycles. The second kappa shape index (κ2) is 9.62. The van der Waals surface area contributed by atoms with Crippen LogP contribution in [-0.2, 0) is 18.3 Å². The summed E-state index contributed by atoms with van der Waals surface area (Å²) in [6.45, 7) is 0. The highest BCUT2D eigenvalue weighted by Crippen LogP contribution is 2.31. The van der Waals surface area contributed by atoms with E-state index < -0.39 is 17.6 Å². The first kappa shape index (κ1) is 22.2. The van der Waals surface area contributed by atoms with E-state index in [1.807, 2.05) is 30.3 Å². The molecule has 0 atom stereocenters. The number of hydrogen-bond donors (Lipinski definition) is 1. The van der Waals surface area contributed by atoms with Crippen LogP contribution in [-0.4, -0.2) is 10.9 Å². The number of thioether (sulfide) groups is 1. The van der Waals surface area contributed by atoms with Gasteiger partial charge in [-0.1, -0.05) is 36.4 Å². The average molecular weight is 475 g/mol. The number of amides is 1. The van der Waals surface area contributed by atoms with Crippen molar-refractivity contribution >= 4 is 34.1 Å². The molecule has 1 amide bonds. The van der Waals surface area contributed by atoms with Crippen molar-refractivity contribution in [2.45, 2.75) is 23.2 Å². The molecule has 4 aromatic rings. The molecule has 2 aromatic carbocycles. The van der Waals surface area contributed by atoms with Crippen molar-refractivity contribution < 1.29 is 22.4 Å². The van der Waals surface area contributed by atoms with E-state index in [9.17, 15) is 18.0 Å². The predicted octanol–water partition coefficient (Wildman–Crippen LogP) is 6.89. The van der Waals surface area contributed by atoms with Crippen LogP contribution in [0.25, 0.3) is 0 Å². The Labute approximate surface area is 190 Å². The number of anilines is 1. The van der Waals surface area contributed by atoms with Gasteiger partial charge < -0.3 is 4.42 Å². The number of alkyl halides is 3. The minimum atomic E-state index is -4.38. The minimum Gasteiger partial charge on any atom is -0.455 e. The van der Waals surface area contributed by atoms with Crippen molar-refractivity contribution in [2.24, 2.45) is 0 Å². The fraction of sp³-hybridized carbons (Fsp3) is 0.130. The molecule has 0 fully saturated rings. The molecule has 2 aromatic heterocycles. The van der Waals surface area contributed by atoms with E-state index in [1.54, 1.807) is 36.2 Å². The number of furan rings is 1. The highest BCUT2D eigenvalue weighted by Gasteiger charge is 2.30. The maximum atomic E-state index is 12.9. The Bertz CT molecular complexity index is 1200. The number of nitrogens with one attached hydrogen (secondary N) is 1. The van der Waals surface area contributed by atoms with E-state index in [1.165, 1.54) is 17.4 Å². The zero-order valence-electron chi connectivity index (χ0n) is 16.6. The van der Waals surface area contributed by atoms with Gasteiger partial charge in [-0.2, -0.15) is 13.2 Å². The second-order valence-electron chi connectivity index (χ2n) is 6.83. The van der Waals surface area contributed by atoms with E-state index in [4.69, 9.17) is 4.42 Å². The maximum Gasteiger partial charge on any atom is 0.416 e. The number of nitrogens with zero attached hydrogens (tertiary/aromatic N) is 1. The van der Waals surface area contributed by atoms with Crippen LogP contribution in [0.5, 0.6) is 0 Å². The number of hydrogen-bond acceptors (Lipinski definition) is 5. The lowest BCUT2D eigenvalue weighted by Gasteiger charge is -2.07. The van der Waals surface area contributed by atoms with Crippen LogP contribution in [0.1, 0.15) is 32.3 Å². The summed E-state index contributed by atoms with van der Waals surface area (Å²) in [5.41, 5.74) is -0.167. The maximum absolute atomic E-state index is 12.9. The molecular formula is C23H17F3N2O2S2. The van der Waals surface area contributed by atoms with Crippen molar-refractivity contribution in [2.75, 3.05) is 5.32 Å². The summed E-state index contributed by atoms with van der Waals surface area (Å²) in [5.74, 6) is 1.01. The van der Waals surface area contributed by atoms with Crippen LogP contribution in [0.15, 0.2) is 82.2 Å². The Morgan fingerprint density at radius 2 is 1.88 bits per heavy atom. The van der Waals surface area contributed by atoms with Gasteiger partial charge in [0.05, 0.1) is 11.3 Å². The first-order valence-electron chi connectivity index (χ1n) is 9.55. The number of benzene rings is 2. The van der Waals surface area contributed by atoms with Crippen LogP contribution >= 0.6 is 23.1 Å². The molecule has 0 spiro atoms. The number of carbonyl (C=O) groups is 1. The van der Waals surface area contributed by atoms with Crippen LogP contribution in [0, 0.1) is 0 Å². The third-order valence-electron chi connectivity index (χ3n) is 4.42. The molecule has 1 N–H and O–H groups in total. The van der Waals surface area contributed by atoms with E-state index in [2.05, 4.69) is 10.3 Å². The zero-order chi connectivity index (χ0) is 22.6. The van der Waals surface area contributed by atoms with Crippen LogP contribution in [0.2, 0.25) is 0 Å². The number of halogens is 3. The lowest BCUT2D eigenvalue weighted by molar-refractivity contribution is -0.137. The first-order chi connectivity index (χ1) is 15.4. The molecule has 0 unspecified atom stereocenters. The van der Waals surface area contributed by atoms with Crippen LogP contribution in [0.4, 0.5) is 18.3 Å². The molecule has 0 aliphatic rings. The lowest BCUT2D eigenvalue weighted by Crippen LogP contribution is -2.10. The van der Waals surface area contributed by atoms with Gasteiger partial charge in [0.25, 0.3) is 5.91 Å². The smallest absolute Gasteiger partial charge is 0.416 e. The molecule has 0 aliphatic carbocycles. The second-order valence-corrected chi connectivity index (χ2v) is 8.99. The van der Waals surface area contributed by atoms with Gasteiger partial charge in [0.15, 0.2) is 10.9 Å². The lowest BCUT2D eigenvalue weighted by atomic mass is 10.1. The van der Waals surface area contributed by atoms with Crippen molar-refractivity contribution in [3.8, 4) is 0 Å². The molecule has 32 heavy (non-hydrogen) atoms. The summed E-state index contributed by atoms with van der Waals surface area (Å²) in [6, 6.07) is 18.4. The first-order valence-corrected chi connectivity index (χ1v) is 11.4. The van der Waals surface area contributed by atoms with Crippen molar-refractivity contribution in [3.63, 3.8) is 0 Å². The van der Waals surface area contributed by atoms with Crippen LogP contribution in [0.3, 0.4) is 0 Å². The largest absolute Gasteiger partial charge is 0.455 e. The third kappa shape index (κ3) is 5.80. The van der Waals surface area contributed by atoms with E-state index >= 15 is 0 Å². The van der Waals surface area contributed by atoms with Crippen molar-refractivity contribution in [3.05, 3.63) is 100 Å². The van der Waals surface area contributed by atoms with E-state index in [0.717, 1.165) is 21.9 Å². The molecule has 9 heteroatoms. The van der Waals surface area contributed by atoms with Crippen molar-refractivity contribution in [1.82, 2.24) is 4.98 Å². The Hall–Kier alpha value is -3.04. The van der Waals surface area contributed by atoms with Crippen molar-refractivity contribution in [1.29, 1.82) is 0 Å². The van der Waals surface area contributed by atoms with E-state index in [0.29, 0.717) is 28.6 Å².